The summed E-state index contributed by atoms with van der Waals surface area (Å²) in [4.78, 5) is 7.61. The van der Waals surface area contributed by atoms with Crippen molar-refractivity contribution in [2.75, 3.05) is 7.11 Å². The second-order valence-corrected chi connectivity index (χ2v) is 4.54. The van der Waals surface area contributed by atoms with Crippen LogP contribution in [-0.4, -0.2) is 17.1 Å². The van der Waals surface area contributed by atoms with Gasteiger partial charge in [0.15, 0.2) is 0 Å². The van der Waals surface area contributed by atoms with Gasteiger partial charge < -0.3 is 9.72 Å². The summed E-state index contributed by atoms with van der Waals surface area (Å²) in [7, 11) is 1.67. The zero-order valence-electron chi connectivity index (χ0n) is 7.47. The smallest absolute Gasteiger partial charge is 0.134 e. The number of hydrogen-bond acceptors (Lipinski definition) is 2. The average molecular weight is 367 g/mol. The van der Waals surface area contributed by atoms with E-state index in [0.29, 0.717) is 0 Å². The monoisotopic (exact) mass is 366 g/mol. The second-order valence-electron chi connectivity index (χ2n) is 2.82. The van der Waals surface area contributed by atoms with Crippen LogP contribution >= 0.6 is 38.5 Å². The quantitative estimate of drug-likeness (QED) is 0.655. The molecule has 0 unspecified atom stereocenters. The van der Waals surface area contributed by atoms with Crippen LogP contribution in [0.25, 0.3) is 11.0 Å². The Kier molecular flexibility index (Phi) is 2.96. The van der Waals surface area contributed by atoms with Crippen molar-refractivity contribution in [1.29, 1.82) is 0 Å². The van der Waals surface area contributed by atoms with Gasteiger partial charge in [-0.1, -0.05) is 15.9 Å². The molecule has 0 bridgehead atoms. The fraction of sp³-hybridized carbons (Fsp3) is 0.222. The molecule has 0 fully saturated rings. The lowest BCUT2D eigenvalue weighted by Crippen LogP contribution is -1.86. The minimum Gasteiger partial charge on any atom is -0.496 e. The molecule has 0 spiro atoms. The first kappa shape index (κ1) is 10.2. The summed E-state index contributed by atoms with van der Waals surface area (Å²) in [6.45, 7) is 0. The largest absolute Gasteiger partial charge is 0.496 e. The maximum atomic E-state index is 5.22. The van der Waals surface area contributed by atoms with Gasteiger partial charge in [-0.2, -0.15) is 0 Å². The zero-order chi connectivity index (χ0) is 10.1. The summed E-state index contributed by atoms with van der Waals surface area (Å²) in [5.74, 6) is 1.80. The van der Waals surface area contributed by atoms with Crippen molar-refractivity contribution in [3.05, 3.63) is 21.5 Å². The summed E-state index contributed by atoms with van der Waals surface area (Å²) >= 11 is 5.61. The third-order valence-corrected chi connectivity index (χ3v) is 3.31. The molecule has 1 heterocycles. The molecule has 0 saturated heterocycles. The van der Waals surface area contributed by atoms with Gasteiger partial charge in [-0.15, -0.1) is 0 Å². The highest BCUT2D eigenvalue weighted by atomic mass is 127. The Labute approximate surface area is 104 Å². The van der Waals surface area contributed by atoms with E-state index in [1.165, 1.54) is 0 Å². The van der Waals surface area contributed by atoms with E-state index in [4.69, 9.17) is 4.74 Å². The minimum atomic E-state index is 0.737. The number of H-pyrrole nitrogens is 1. The van der Waals surface area contributed by atoms with E-state index in [1.807, 2.05) is 12.1 Å². The number of ether oxygens (including phenoxy) is 1. The molecule has 14 heavy (non-hydrogen) atoms. The van der Waals surface area contributed by atoms with Gasteiger partial charge in [-0.3, -0.25) is 0 Å². The van der Waals surface area contributed by atoms with E-state index >= 15 is 0 Å². The van der Waals surface area contributed by atoms with Gasteiger partial charge in [0.2, 0.25) is 0 Å². The standard InChI is InChI=1S/C9H8BrIN2O/c1-14-8-3-7-6(2-5(8)11)12-9(4-10)13-7/h2-3H,4H2,1H3,(H,12,13). The number of fused-ring (bicyclic) bond motifs is 1. The molecule has 0 radical (unpaired) electrons. The van der Waals surface area contributed by atoms with E-state index in [1.54, 1.807) is 7.11 Å². The first-order valence-electron chi connectivity index (χ1n) is 4.02. The molecule has 0 saturated carbocycles. The second kappa shape index (κ2) is 4.06. The molecule has 5 heteroatoms. The van der Waals surface area contributed by atoms with Gasteiger partial charge in [0.05, 0.1) is 27.0 Å². The van der Waals surface area contributed by atoms with Crippen molar-refractivity contribution in [1.82, 2.24) is 9.97 Å². The lowest BCUT2D eigenvalue weighted by molar-refractivity contribution is 0.412. The van der Waals surface area contributed by atoms with Crippen molar-refractivity contribution < 1.29 is 4.74 Å². The van der Waals surface area contributed by atoms with Crippen LogP contribution in [0.4, 0.5) is 0 Å². The first-order chi connectivity index (χ1) is 6.74. The minimum absolute atomic E-state index is 0.737. The zero-order valence-corrected chi connectivity index (χ0v) is 11.2. The SMILES string of the molecule is COc1cc2nc(CBr)[nH]c2cc1I. The van der Waals surface area contributed by atoms with Crippen LogP contribution in [0.1, 0.15) is 5.82 Å². The predicted molar refractivity (Wildman–Crippen MR) is 68.0 cm³/mol. The molecule has 1 aromatic heterocycles. The number of nitrogens with one attached hydrogen (secondary N) is 1. The molecular weight excluding hydrogens is 359 g/mol. The number of nitrogens with zero attached hydrogens (tertiary/aromatic N) is 1. The Morgan fingerprint density at radius 3 is 3.00 bits per heavy atom. The van der Waals surface area contributed by atoms with E-state index < -0.39 is 0 Å². The van der Waals surface area contributed by atoms with Crippen LogP contribution in [0, 0.1) is 3.57 Å². The van der Waals surface area contributed by atoms with E-state index in [2.05, 4.69) is 48.5 Å². The molecule has 0 aliphatic heterocycles. The van der Waals surface area contributed by atoms with Gasteiger partial charge in [-0.05, 0) is 28.7 Å². The fourth-order valence-electron chi connectivity index (χ4n) is 1.28. The van der Waals surface area contributed by atoms with Gasteiger partial charge in [0.1, 0.15) is 11.6 Å². The number of aromatic amines is 1. The van der Waals surface area contributed by atoms with Crippen LogP contribution in [0.5, 0.6) is 5.75 Å². The number of rotatable bonds is 2. The summed E-state index contributed by atoms with van der Waals surface area (Å²) in [5.41, 5.74) is 1.99. The molecule has 0 amide bonds. The van der Waals surface area contributed by atoms with Gasteiger partial charge in [0, 0.05) is 6.07 Å². The third kappa shape index (κ3) is 1.75. The maximum Gasteiger partial charge on any atom is 0.134 e. The number of imidazole rings is 1. The van der Waals surface area contributed by atoms with Crippen LogP contribution in [-0.2, 0) is 5.33 Å². The highest BCUT2D eigenvalue weighted by Crippen LogP contribution is 2.26. The molecule has 2 aromatic rings. The van der Waals surface area contributed by atoms with Crippen LogP contribution in [0.2, 0.25) is 0 Å². The van der Waals surface area contributed by atoms with Crippen molar-refractivity contribution in [3.63, 3.8) is 0 Å². The lowest BCUT2D eigenvalue weighted by atomic mass is 10.3. The normalized spacial score (nSPS) is 10.8. The lowest BCUT2D eigenvalue weighted by Gasteiger charge is -2.01. The van der Waals surface area contributed by atoms with Gasteiger partial charge in [0.25, 0.3) is 0 Å². The molecule has 2 rings (SSSR count). The molecule has 3 nitrogen and oxygen atoms in total. The van der Waals surface area contributed by atoms with E-state index in [0.717, 1.165) is 31.5 Å². The number of alkyl halides is 1. The number of benzene rings is 1. The van der Waals surface area contributed by atoms with Crippen molar-refractivity contribution in [2.45, 2.75) is 5.33 Å². The van der Waals surface area contributed by atoms with Crippen molar-refractivity contribution in [3.8, 4) is 5.75 Å². The molecule has 0 atom stereocenters. The molecule has 1 aromatic carbocycles. The van der Waals surface area contributed by atoms with Crippen LogP contribution in [0.15, 0.2) is 12.1 Å². The van der Waals surface area contributed by atoms with Gasteiger partial charge in [-0.25, -0.2) is 4.98 Å². The third-order valence-electron chi connectivity index (χ3n) is 1.93. The first-order valence-corrected chi connectivity index (χ1v) is 6.22. The number of hydrogen-bond donors (Lipinski definition) is 1. The molecular formula is C9H8BrIN2O. The summed E-state index contributed by atoms with van der Waals surface area (Å²) in [6, 6.07) is 3.98. The maximum absolute atomic E-state index is 5.22. The average Bonchev–Trinajstić information content (AvgIpc) is 2.58. The van der Waals surface area contributed by atoms with Crippen LogP contribution < -0.4 is 4.74 Å². The predicted octanol–water partition coefficient (Wildman–Crippen LogP) is 3.07. The summed E-state index contributed by atoms with van der Waals surface area (Å²) in [6.07, 6.45) is 0. The highest BCUT2D eigenvalue weighted by molar-refractivity contribution is 14.1. The van der Waals surface area contributed by atoms with Gasteiger partial charge >= 0.3 is 0 Å². The molecule has 1 N–H and O–H groups in total. The Hall–Kier alpha value is -0.300. The fourth-order valence-corrected chi connectivity index (χ4v) is 2.24. The molecule has 74 valence electrons. The summed E-state index contributed by atoms with van der Waals surface area (Å²) in [5, 5.41) is 0.737. The van der Waals surface area contributed by atoms with Crippen LogP contribution in [0.3, 0.4) is 0 Å². The van der Waals surface area contributed by atoms with Crippen molar-refractivity contribution >= 4 is 49.6 Å². The number of aromatic nitrogens is 2. The van der Waals surface area contributed by atoms with E-state index in [9.17, 15) is 0 Å². The Morgan fingerprint density at radius 2 is 2.36 bits per heavy atom. The summed E-state index contributed by atoms with van der Waals surface area (Å²) < 4.78 is 6.31. The molecule has 0 aliphatic rings. The van der Waals surface area contributed by atoms with Crippen molar-refractivity contribution in [2.24, 2.45) is 0 Å². The Balaban J connectivity index is 2.64. The van der Waals surface area contributed by atoms with E-state index in [-0.39, 0.29) is 0 Å². The Morgan fingerprint density at radius 1 is 1.57 bits per heavy atom. The number of halogens is 2. The molecule has 0 aliphatic carbocycles. The Bertz CT molecular complexity index is 469. The highest BCUT2D eigenvalue weighted by Gasteiger charge is 2.06. The topological polar surface area (TPSA) is 37.9 Å². The number of methoxy groups -OCH3 is 1.